The van der Waals surface area contributed by atoms with Crippen molar-refractivity contribution in [3.05, 3.63) is 18.2 Å². The van der Waals surface area contributed by atoms with Crippen LogP contribution in [0.2, 0.25) is 0 Å². The standard InChI is InChI=1S/C6H10N2O.C2H6/c1-2-8-5-7-3-6(8)4-9;1-2/h3,5,9H,2,4H2,1H3;1-2H3. The minimum Gasteiger partial charge on any atom is -0.390 e. The van der Waals surface area contributed by atoms with E-state index < -0.39 is 0 Å². The maximum Gasteiger partial charge on any atom is 0.0948 e. The van der Waals surface area contributed by atoms with E-state index in [0.717, 1.165) is 12.2 Å². The van der Waals surface area contributed by atoms with Crippen LogP contribution in [0.4, 0.5) is 0 Å². The molecule has 0 spiro atoms. The topological polar surface area (TPSA) is 38.0 Å². The van der Waals surface area contributed by atoms with Crippen molar-refractivity contribution in [2.45, 2.75) is 33.9 Å². The molecule has 3 nitrogen and oxygen atoms in total. The molecule has 0 amide bonds. The van der Waals surface area contributed by atoms with Crippen LogP contribution in [0.5, 0.6) is 0 Å². The van der Waals surface area contributed by atoms with Gasteiger partial charge in [-0.25, -0.2) is 4.98 Å². The number of rotatable bonds is 2. The first kappa shape index (κ1) is 10.2. The zero-order valence-corrected chi connectivity index (χ0v) is 7.41. The van der Waals surface area contributed by atoms with Gasteiger partial charge in [0.1, 0.15) is 0 Å². The number of aryl methyl sites for hydroxylation is 1. The van der Waals surface area contributed by atoms with Crippen molar-refractivity contribution in [1.29, 1.82) is 0 Å². The Morgan fingerprint density at radius 3 is 2.55 bits per heavy atom. The monoisotopic (exact) mass is 156 g/mol. The molecule has 1 aromatic heterocycles. The number of nitrogens with zero attached hydrogens (tertiary/aromatic N) is 2. The van der Waals surface area contributed by atoms with Gasteiger partial charge in [-0.3, -0.25) is 0 Å². The second-order valence-corrected chi connectivity index (χ2v) is 1.83. The quantitative estimate of drug-likeness (QED) is 0.703. The van der Waals surface area contributed by atoms with Gasteiger partial charge in [-0.2, -0.15) is 0 Å². The number of hydrogen-bond donors (Lipinski definition) is 1. The molecule has 1 aromatic rings. The van der Waals surface area contributed by atoms with Crippen molar-refractivity contribution in [3.8, 4) is 0 Å². The highest BCUT2D eigenvalue weighted by molar-refractivity contribution is 4.95. The average Bonchev–Trinajstić information content (AvgIpc) is 2.54. The Balaban J connectivity index is 0.000000461. The van der Waals surface area contributed by atoms with E-state index >= 15 is 0 Å². The molecule has 0 aliphatic carbocycles. The summed E-state index contributed by atoms with van der Waals surface area (Å²) in [4.78, 5) is 3.87. The molecule has 0 bridgehead atoms. The zero-order valence-electron chi connectivity index (χ0n) is 7.41. The van der Waals surface area contributed by atoms with Crippen molar-refractivity contribution in [1.82, 2.24) is 9.55 Å². The van der Waals surface area contributed by atoms with Crippen LogP contribution in [0.25, 0.3) is 0 Å². The van der Waals surface area contributed by atoms with Crippen LogP contribution >= 0.6 is 0 Å². The predicted octanol–water partition coefficient (Wildman–Crippen LogP) is 1.42. The molecule has 1 N–H and O–H groups in total. The van der Waals surface area contributed by atoms with E-state index in [4.69, 9.17) is 5.11 Å². The molecular formula is C8H16N2O. The SMILES string of the molecule is CC.CCn1cncc1CO. The summed E-state index contributed by atoms with van der Waals surface area (Å²) in [6.45, 7) is 6.96. The third-order valence-corrected chi connectivity index (χ3v) is 1.30. The fourth-order valence-corrected chi connectivity index (χ4v) is 0.765. The largest absolute Gasteiger partial charge is 0.390 e. The highest BCUT2D eigenvalue weighted by Crippen LogP contribution is 1.96. The molecule has 0 saturated carbocycles. The van der Waals surface area contributed by atoms with Crippen LogP contribution in [0.1, 0.15) is 26.5 Å². The number of aliphatic hydroxyl groups is 1. The summed E-state index contributed by atoms with van der Waals surface area (Å²) in [5.74, 6) is 0. The first-order valence-corrected chi connectivity index (χ1v) is 3.98. The Kier molecular flexibility index (Phi) is 5.47. The molecule has 11 heavy (non-hydrogen) atoms. The predicted molar refractivity (Wildman–Crippen MR) is 45.2 cm³/mol. The molecule has 0 fully saturated rings. The summed E-state index contributed by atoms with van der Waals surface area (Å²) in [5.41, 5.74) is 0.873. The Labute approximate surface area is 67.7 Å². The molecule has 0 aliphatic rings. The summed E-state index contributed by atoms with van der Waals surface area (Å²) < 4.78 is 1.90. The fourth-order valence-electron chi connectivity index (χ4n) is 0.765. The molecule has 64 valence electrons. The van der Waals surface area contributed by atoms with Crippen LogP contribution in [-0.4, -0.2) is 14.7 Å². The van der Waals surface area contributed by atoms with E-state index in [0.29, 0.717) is 0 Å². The van der Waals surface area contributed by atoms with Crippen molar-refractivity contribution in [2.75, 3.05) is 0 Å². The number of aromatic nitrogens is 2. The lowest BCUT2D eigenvalue weighted by atomic mass is 10.5. The molecule has 0 unspecified atom stereocenters. The highest BCUT2D eigenvalue weighted by Gasteiger charge is 1.94. The van der Waals surface area contributed by atoms with Gasteiger partial charge in [0.25, 0.3) is 0 Å². The number of imidazole rings is 1. The van der Waals surface area contributed by atoms with Crippen molar-refractivity contribution < 1.29 is 5.11 Å². The number of aliphatic hydroxyl groups excluding tert-OH is 1. The minimum absolute atomic E-state index is 0.0772. The summed E-state index contributed by atoms with van der Waals surface area (Å²) in [6, 6.07) is 0. The fraction of sp³-hybridized carbons (Fsp3) is 0.625. The van der Waals surface area contributed by atoms with Gasteiger partial charge in [0.2, 0.25) is 0 Å². The van der Waals surface area contributed by atoms with Gasteiger partial charge >= 0.3 is 0 Å². The Morgan fingerprint density at radius 1 is 1.55 bits per heavy atom. The first-order chi connectivity index (χ1) is 5.38. The lowest BCUT2D eigenvalue weighted by Gasteiger charge is -1.98. The first-order valence-electron chi connectivity index (χ1n) is 3.98. The van der Waals surface area contributed by atoms with Crippen LogP contribution in [0, 0.1) is 0 Å². The summed E-state index contributed by atoms with van der Waals surface area (Å²) in [6.07, 6.45) is 3.38. The summed E-state index contributed by atoms with van der Waals surface area (Å²) in [5, 5.41) is 8.68. The molecule has 1 rings (SSSR count). The van der Waals surface area contributed by atoms with E-state index in [2.05, 4.69) is 4.98 Å². The van der Waals surface area contributed by atoms with Gasteiger partial charge in [0.15, 0.2) is 0 Å². The molecule has 0 aromatic carbocycles. The van der Waals surface area contributed by atoms with Crippen LogP contribution < -0.4 is 0 Å². The zero-order chi connectivity index (χ0) is 8.69. The van der Waals surface area contributed by atoms with Crippen molar-refractivity contribution in [3.63, 3.8) is 0 Å². The molecule has 0 radical (unpaired) electrons. The van der Waals surface area contributed by atoms with E-state index in [9.17, 15) is 0 Å². The van der Waals surface area contributed by atoms with Crippen LogP contribution in [-0.2, 0) is 13.2 Å². The normalized spacial score (nSPS) is 8.73. The smallest absolute Gasteiger partial charge is 0.0948 e. The molecule has 0 atom stereocenters. The molecule has 1 heterocycles. The third-order valence-electron chi connectivity index (χ3n) is 1.30. The highest BCUT2D eigenvalue weighted by atomic mass is 16.3. The van der Waals surface area contributed by atoms with E-state index in [1.54, 1.807) is 12.5 Å². The van der Waals surface area contributed by atoms with Crippen LogP contribution in [0.3, 0.4) is 0 Å². The lowest BCUT2D eigenvalue weighted by Crippen LogP contribution is -1.97. The molecule has 0 saturated heterocycles. The van der Waals surface area contributed by atoms with Gasteiger partial charge in [0.05, 0.1) is 24.8 Å². The lowest BCUT2D eigenvalue weighted by molar-refractivity contribution is 0.271. The van der Waals surface area contributed by atoms with Crippen molar-refractivity contribution >= 4 is 0 Å². The maximum absolute atomic E-state index is 8.68. The molecule has 3 heteroatoms. The minimum atomic E-state index is 0.0772. The van der Waals surface area contributed by atoms with Gasteiger partial charge in [-0.05, 0) is 6.92 Å². The second kappa shape index (κ2) is 5.92. The second-order valence-electron chi connectivity index (χ2n) is 1.83. The maximum atomic E-state index is 8.68. The van der Waals surface area contributed by atoms with Crippen LogP contribution in [0.15, 0.2) is 12.5 Å². The van der Waals surface area contributed by atoms with Gasteiger partial charge in [-0.1, -0.05) is 13.8 Å². The van der Waals surface area contributed by atoms with E-state index in [-0.39, 0.29) is 6.61 Å². The Bertz CT molecular complexity index is 165. The van der Waals surface area contributed by atoms with Gasteiger partial charge in [-0.15, -0.1) is 0 Å². The summed E-state index contributed by atoms with van der Waals surface area (Å²) in [7, 11) is 0. The van der Waals surface area contributed by atoms with Gasteiger partial charge < -0.3 is 9.67 Å². The van der Waals surface area contributed by atoms with Gasteiger partial charge in [0, 0.05) is 6.54 Å². The number of hydrogen-bond acceptors (Lipinski definition) is 2. The third kappa shape index (κ3) is 2.72. The molecular weight excluding hydrogens is 140 g/mol. The molecule has 0 aliphatic heterocycles. The van der Waals surface area contributed by atoms with E-state index in [1.807, 2.05) is 25.3 Å². The summed E-state index contributed by atoms with van der Waals surface area (Å²) >= 11 is 0. The van der Waals surface area contributed by atoms with Crippen molar-refractivity contribution in [2.24, 2.45) is 0 Å². The average molecular weight is 156 g/mol. The van der Waals surface area contributed by atoms with E-state index in [1.165, 1.54) is 0 Å². The Hall–Kier alpha value is -0.830. The Morgan fingerprint density at radius 2 is 2.18 bits per heavy atom.